The van der Waals surface area contributed by atoms with Gasteiger partial charge in [0.2, 0.25) is 0 Å². The van der Waals surface area contributed by atoms with Crippen molar-refractivity contribution in [3.05, 3.63) is 0 Å². The summed E-state index contributed by atoms with van der Waals surface area (Å²) in [5.74, 6) is 0. The average molecular weight is 334 g/mol. The number of rotatable bonds is 0. The van der Waals surface area contributed by atoms with Gasteiger partial charge in [0.15, 0.2) is 0 Å². The first kappa shape index (κ1) is 9.74. The number of hydrogen-bond donors (Lipinski definition) is 0. The van der Waals surface area contributed by atoms with Gasteiger partial charge in [-0.05, 0) is 0 Å². The Bertz CT molecular complexity index is 106. The van der Waals surface area contributed by atoms with E-state index in [0.717, 1.165) is 0 Å². The van der Waals surface area contributed by atoms with E-state index in [-0.39, 0.29) is 0 Å². The van der Waals surface area contributed by atoms with Gasteiger partial charge in [0.25, 0.3) is 0 Å². The van der Waals surface area contributed by atoms with Crippen molar-refractivity contribution in [2.45, 2.75) is 33.2 Å². The van der Waals surface area contributed by atoms with Crippen molar-refractivity contribution >= 4 is 20.0 Å². The zero-order chi connectivity index (χ0) is 7.95. The molecule has 3 heteroatoms. The molecule has 0 nitrogen and oxygen atoms in total. The van der Waals surface area contributed by atoms with Gasteiger partial charge in [-0.3, -0.25) is 0 Å². The third-order valence-electron chi connectivity index (χ3n) is 1.85. The molecular formula is C6H15BiF2. The molecule has 0 fully saturated rings. The molecule has 0 aliphatic rings. The van der Waals surface area contributed by atoms with Crippen LogP contribution in [0.1, 0.15) is 20.8 Å². The Labute approximate surface area is 58.5 Å². The molecule has 0 amide bonds. The quantitative estimate of drug-likeness (QED) is 0.596. The van der Waals surface area contributed by atoms with E-state index in [9.17, 15) is 5.25 Å². The third-order valence-corrected chi connectivity index (χ3v) is 16.2. The van der Waals surface area contributed by atoms with Crippen LogP contribution in [0.15, 0.2) is 0 Å². The van der Waals surface area contributed by atoms with Crippen LogP contribution in [0, 0.1) is 0 Å². The molecule has 0 aromatic carbocycles. The van der Waals surface area contributed by atoms with Crippen molar-refractivity contribution in [3.63, 3.8) is 0 Å². The summed E-state index contributed by atoms with van der Waals surface area (Å²) in [4.78, 5) is 0. The second-order valence-electron chi connectivity index (χ2n) is 3.97. The summed E-state index contributed by atoms with van der Waals surface area (Å²) >= 11 is -5.18. The Hall–Kier alpha value is 0.743. The van der Waals surface area contributed by atoms with Gasteiger partial charge in [0.1, 0.15) is 0 Å². The molecule has 0 radical (unpaired) electrons. The maximum atomic E-state index is 13.1. The van der Waals surface area contributed by atoms with Crippen molar-refractivity contribution in [2.75, 3.05) is 0 Å². The van der Waals surface area contributed by atoms with Crippen LogP contribution < -0.4 is 0 Å². The molecule has 0 saturated carbocycles. The normalized spacial score (nSPS) is 18.8. The van der Waals surface area contributed by atoms with Crippen LogP contribution in [0.2, 0.25) is 12.4 Å². The summed E-state index contributed by atoms with van der Waals surface area (Å²) < 4.78 is 27.9. The minimum absolute atomic E-state index is 0.744. The van der Waals surface area contributed by atoms with Crippen molar-refractivity contribution in [3.8, 4) is 0 Å². The number of hydrogen-bond acceptors (Lipinski definition) is 0. The molecule has 9 heavy (non-hydrogen) atoms. The van der Waals surface area contributed by atoms with E-state index in [1.807, 2.05) is 0 Å². The van der Waals surface area contributed by atoms with Crippen LogP contribution in [0.3, 0.4) is 0 Å². The zero-order valence-corrected chi connectivity index (χ0v) is 10.2. The summed E-state index contributed by atoms with van der Waals surface area (Å²) in [6, 6.07) is 0. The Balaban J connectivity index is 4.56. The number of halogens is 2. The third kappa shape index (κ3) is 2.45. The Kier molecular flexibility index (Phi) is 2.02. The standard InChI is InChI=1S/C4H9.2CH3.Bi.2FH/c1-4(2)3;;;;;/h1-3H3;2*1H3;;2*1H/q;;;+2;;/p-2. The molecule has 0 aromatic rings. The Morgan fingerprint density at radius 3 is 1.11 bits per heavy atom. The minimum atomic E-state index is -5.18. The van der Waals surface area contributed by atoms with E-state index >= 15 is 0 Å². The van der Waals surface area contributed by atoms with Gasteiger partial charge in [-0.2, -0.15) is 0 Å². The van der Waals surface area contributed by atoms with E-state index in [0.29, 0.717) is 0 Å². The Morgan fingerprint density at radius 1 is 1.00 bits per heavy atom. The van der Waals surface area contributed by atoms with Gasteiger partial charge >= 0.3 is 58.4 Å². The fraction of sp³-hybridized carbons (Fsp3) is 1.00. The average Bonchev–Trinajstić information content (AvgIpc) is 1.20. The van der Waals surface area contributed by atoms with Crippen LogP contribution in [-0.2, 0) is 0 Å². The summed E-state index contributed by atoms with van der Waals surface area (Å²) in [5, 5.41) is 0. The van der Waals surface area contributed by atoms with Crippen LogP contribution in [0.4, 0.5) is 5.25 Å². The predicted molar refractivity (Wildman–Crippen MR) is 39.4 cm³/mol. The van der Waals surface area contributed by atoms with Gasteiger partial charge in [0.05, 0.1) is 0 Å². The Morgan fingerprint density at radius 2 is 1.11 bits per heavy atom. The molecule has 0 bridgehead atoms. The second kappa shape index (κ2) is 1.87. The van der Waals surface area contributed by atoms with Gasteiger partial charge in [-0.15, -0.1) is 0 Å². The fourth-order valence-corrected chi connectivity index (χ4v) is 0. The molecule has 0 aromatic heterocycles. The van der Waals surface area contributed by atoms with E-state index in [1.165, 1.54) is 9.26 Å². The van der Waals surface area contributed by atoms with E-state index in [2.05, 4.69) is 0 Å². The van der Waals surface area contributed by atoms with Gasteiger partial charge in [-0.25, -0.2) is 0 Å². The van der Waals surface area contributed by atoms with E-state index in [1.54, 1.807) is 20.8 Å². The summed E-state index contributed by atoms with van der Waals surface area (Å²) in [5.41, 5.74) is 0. The van der Waals surface area contributed by atoms with Crippen LogP contribution in [0.25, 0.3) is 0 Å². The van der Waals surface area contributed by atoms with Crippen LogP contribution in [0.5, 0.6) is 0 Å². The van der Waals surface area contributed by atoms with Crippen LogP contribution in [-0.4, -0.2) is 20.0 Å². The molecule has 0 aliphatic carbocycles. The first-order valence-electron chi connectivity index (χ1n) is 2.96. The van der Waals surface area contributed by atoms with Crippen molar-refractivity contribution < 1.29 is 5.25 Å². The van der Waals surface area contributed by atoms with E-state index < -0.39 is 23.1 Å². The molecule has 0 spiro atoms. The zero-order valence-electron chi connectivity index (χ0n) is 6.70. The topological polar surface area (TPSA) is 0 Å². The molecular weight excluding hydrogens is 319 g/mol. The molecule has 0 rings (SSSR count). The summed E-state index contributed by atoms with van der Waals surface area (Å²) in [6.07, 6.45) is 0. The van der Waals surface area contributed by atoms with Crippen molar-refractivity contribution in [1.29, 1.82) is 0 Å². The summed E-state index contributed by atoms with van der Waals surface area (Å²) in [6.45, 7) is 4.88. The molecule has 0 unspecified atom stereocenters. The molecule has 0 aliphatic heterocycles. The first-order chi connectivity index (χ1) is 3.51. The molecule has 0 N–H and O–H groups in total. The van der Waals surface area contributed by atoms with Crippen molar-refractivity contribution in [1.82, 2.24) is 0 Å². The van der Waals surface area contributed by atoms with Crippen molar-refractivity contribution in [2.24, 2.45) is 0 Å². The molecule has 58 valence electrons. The SMILES string of the molecule is C[C](C)(C)[Bi]([CH3])([CH3])([F])[F]. The molecule has 0 saturated heterocycles. The van der Waals surface area contributed by atoms with E-state index in [4.69, 9.17) is 0 Å². The second-order valence-corrected chi connectivity index (χ2v) is 23.2. The van der Waals surface area contributed by atoms with Crippen LogP contribution >= 0.6 is 0 Å². The predicted octanol–water partition coefficient (Wildman–Crippen LogP) is 3.38. The van der Waals surface area contributed by atoms with Gasteiger partial charge < -0.3 is 0 Å². The fourth-order valence-electron chi connectivity index (χ4n) is 0. The van der Waals surface area contributed by atoms with Gasteiger partial charge in [0, 0.05) is 0 Å². The summed E-state index contributed by atoms with van der Waals surface area (Å²) in [7, 11) is 0. The molecule has 0 heterocycles. The first-order valence-corrected chi connectivity index (χ1v) is 14.3. The molecule has 0 atom stereocenters. The monoisotopic (exact) mass is 334 g/mol. The van der Waals surface area contributed by atoms with Gasteiger partial charge in [-0.1, -0.05) is 0 Å². The maximum absolute atomic E-state index is 13.1.